The fourth-order valence-corrected chi connectivity index (χ4v) is 3.23. The zero-order chi connectivity index (χ0) is 16.9. The van der Waals surface area contributed by atoms with Gasteiger partial charge in [0.2, 0.25) is 6.29 Å². The molecule has 0 bridgehead atoms. The molecule has 1 aliphatic rings. The van der Waals surface area contributed by atoms with E-state index in [4.69, 9.17) is 9.47 Å². The number of carbonyl (C=O) groups excluding carboxylic acids is 1. The minimum atomic E-state index is -0.695. The fraction of sp³-hybridized carbons (Fsp3) is 0.211. The van der Waals surface area contributed by atoms with E-state index in [1.807, 2.05) is 36.4 Å². The SMILES string of the molecule is CO[C@@H]1OC(=O)C(Br)=C1N(Cc1ccccc1)Cc1ccccc1. The number of carbonyl (C=O) groups is 1. The lowest BCUT2D eigenvalue weighted by atomic mass is 10.1. The summed E-state index contributed by atoms with van der Waals surface area (Å²) in [6.07, 6.45) is -0.695. The second-order valence-electron chi connectivity index (χ2n) is 5.50. The van der Waals surface area contributed by atoms with Gasteiger partial charge in [0, 0.05) is 20.2 Å². The Balaban J connectivity index is 1.93. The molecule has 2 aromatic rings. The van der Waals surface area contributed by atoms with Crippen LogP contribution in [-0.4, -0.2) is 24.3 Å². The molecule has 0 saturated carbocycles. The number of rotatable bonds is 6. The number of hydrogen-bond acceptors (Lipinski definition) is 4. The third-order valence-electron chi connectivity index (χ3n) is 3.83. The molecule has 0 fully saturated rings. The van der Waals surface area contributed by atoms with E-state index in [0.29, 0.717) is 17.6 Å². The van der Waals surface area contributed by atoms with Gasteiger partial charge in [-0.15, -0.1) is 0 Å². The Labute approximate surface area is 149 Å². The minimum Gasteiger partial charge on any atom is -0.426 e. The van der Waals surface area contributed by atoms with Gasteiger partial charge < -0.3 is 14.4 Å². The van der Waals surface area contributed by atoms with Crippen molar-refractivity contribution in [1.29, 1.82) is 0 Å². The highest BCUT2D eigenvalue weighted by Crippen LogP contribution is 2.32. The van der Waals surface area contributed by atoms with Crippen molar-refractivity contribution in [3.05, 3.63) is 82.0 Å². The van der Waals surface area contributed by atoms with Gasteiger partial charge >= 0.3 is 5.97 Å². The summed E-state index contributed by atoms with van der Waals surface area (Å²) in [5.74, 6) is -0.400. The smallest absolute Gasteiger partial charge is 0.349 e. The molecule has 1 atom stereocenters. The third-order valence-corrected chi connectivity index (χ3v) is 4.56. The minimum absolute atomic E-state index is 0.400. The Morgan fingerprint density at radius 1 is 1.00 bits per heavy atom. The largest absolute Gasteiger partial charge is 0.426 e. The van der Waals surface area contributed by atoms with Gasteiger partial charge in [-0.2, -0.15) is 0 Å². The number of hydrogen-bond donors (Lipinski definition) is 0. The first-order valence-corrected chi connectivity index (χ1v) is 8.44. The van der Waals surface area contributed by atoms with Crippen LogP contribution < -0.4 is 0 Å². The molecule has 0 aromatic heterocycles. The maximum absolute atomic E-state index is 11.9. The topological polar surface area (TPSA) is 38.8 Å². The summed E-state index contributed by atoms with van der Waals surface area (Å²) in [6, 6.07) is 20.2. The Kier molecular flexibility index (Phi) is 5.33. The first-order chi connectivity index (χ1) is 11.7. The highest BCUT2D eigenvalue weighted by molar-refractivity contribution is 9.12. The summed E-state index contributed by atoms with van der Waals surface area (Å²) in [6.45, 7) is 1.30. The first-order valence-electron chi connectivity index (χ1n) is 7.65. The molecule has 0 amide bonds. The number of methoxy groups -OCH3 is 1. The Morgan fingerprint density at radius 2 is 1.50 bits per heavy atom. The number of esters is 1. The highest BCUT2D eigenvalue weighted by Gasteiger charge is 2.36. The summed E-state index contributed by atoms with van der Waals surface area (Å²) >= 11 is 3.36. The van der Waals surface area contributed by atoms with Crippen LogP contribution >= 0.6 is 15.9 Å². The van der Waals surface area contributed by atoms with E-state index in [1.54, 1.807) is 0 Å². The molecule has 5 heteroatoms. The van der Waals surface area contributed by atoms with Gasteiger partial charge in [-0.3, -0.25) is 0 Å². The lowest BCUT2D eigenvalue weighted by Gasteiger charge is -2.28. The van der Waals surface area contributed by atoms with Crippen LogP contribution in [0.2, 0.25) is 0 Å². The van der Waals surface area contributed by atoms with Crippen LogP contribution in [0, 0.1) is 0 Å². The summed E-state index contributed by atoms with van der Waals surface area (Å²) < 4.78 is 11.0. The maximum atomic E-state index is 11.9. The van der Waals surface area contributed by atoms with Gasteiger partial charge in [0.05, 0.1) is 0 Å². The molecule has 2 aromatic carbocycles. The monoisotopic (exact) mass is 387 g/mol. The molecule has 0 radical (unpaired) electrons. The zero-order valence-electron chi connectivity index (χ0n) is 13.3. The van der Waals surface area contributed by atoms with Crippen molar-refractivity contribution in [2.24, 2.45) is 0 Å². The highest BCUT2D eigenvalue weighted by atomic mass is 79.9. The second kappa shape index (κ2) is 7.64. The summed E-state index contributed by atoms with van der Waals surface area (Å²) in [5.41, 5.74) is 3.01. The van der Waals surface area contributed by atoms with E-state index in [0.717, 1.165) is 16.8 Å². The van der Waals surface area contributed by atoms with Crippen molar-refractivity contribution < 1.29 is 14.3 Å². The van der Waals surface area contributed by atoms with Gasteiger partial charge in [0.25, 0.3) is 0 Å². The van der Waals surface area contributed by atoms with Crippen LogP contribution in [0.15, 0.2) is 70.8 Å². The quantitative estimate of drug-likeness (QED) is 0.706. The van der Waals surface area contributed by atoms with Crippen LogP contribution in [0.3, 0.4) is 0 Å². The average Bonchev–Trinajstić information content (AvgIpc) is 2.90. The molecule has 0 spiro atoms. The summed E-state index contributed by atoms with van der Waals surface area (Å²) in [7, 11) is 1.53. The first kappa shape index (κ1) is 16.7. The van der Waals surface area contributed by atoms with Crippen LogP contribution in [0.25, 0.3) is 0 Å². The molecule has 0 unspecified atom stereocenters. The van der Waals surface area contributed by atoms with Crippen molar-refractivity contribution in [3.63, 3.8) is 0 Å². The zero-order valence-corrected chi connectivity index (χ0v) is 14.9. The normalized spacial score (nSPS) is 17.1. The van der Waals surface area contributed by atoms with E-state index >= 15 is 0 Å². The van der Waals surface area contributed by atoms with Crippen molar-refractivity contribution in [3.8, 4) is 0 Å². The van der Waals surface area contributed by atoms with Gasteiger partial charge in [0.15, 0.2) is 0 Å². The number of nitrogens with zero attached hydrogens (tertiary/aromatic N) is 1. The van der Waals surface area contributed by atoms with Crippen molar-refractivity contribution in [1.82, 2.24) is 4.90 Å². The summed E-state index contributed by atoms with van der Waals surface area (Å²) in [5, 5.41) is 0. The van der Waals surface area contributed by atoms with Gasteiger partial charge in [-0.1, -0.05) is 60.7 Å². The van der Waals surface area contributed by atoms with Crippen molar-refractivity contribution in [2.75, 3.05) is 7.11 Å². The van der Waals surface area contributed by atoms with Gasteiger partial charge in [0.1, 0.15) is 10.2 Å². The lowest BCUT2D eigenvalue weighted by Crippen LogP contribution is -2.29. The maximum Gasteiger partial charge on any atom is 0.349 e. The predicted molar refractivity (Wildman–Crippen MR) is 95.0 cm³/mol. The Morgan fingerprint density at radius 3 is 1.96 bits per heavy atom. The number of cyclic esters (lactones) is 1. The van der Waals surface area contributed by atoms with Crippen molar-refractivity contribution in [2.45, 2.75) is 19.4 Å². The molecule has 0 N–H and O–H groups in total. The van der Waals surface area contributed by atoms with E-state index in [-0.39, 0.29) is 0 Å². The average molecular weight is 388 g/mol. The molecular formula is C19H18BrNO3. The standard InChI is InChI=1S/C19H18BrNO3/c1-23-19-17(16(20)18(22)24-19)21(12-14-8-4-2-5-9-14)13-15-10-6-3-7-11-15/h2-11,19H,12-13H2,1H3/t19-/m1/s1. The van der Waals surface area contributed by atoms with E-state index in [1.165, 1.54) is 7.11 Å². The number of halogens is 1. The molecule has 1 heterocycles. The molecular weight excluding hydrogens is 370 g/mol. The molecule has 1 aliphatic heterocycles. The van der Waals surface area contributed by atoms with Crippen LogP contribution in [0.1, 0.15) is 11.1 Å². The Hall–Kier alpha value is -2.11. The molecule has 0 saturated heterocycles. The van der Waals surface area contributed by atoms with E-state index < -0.39 is 12.3 Å². The van der Waals surface area contributed by atoms with E-state index in [9.17, 15) is 4.79 Å². The number of benzene rings is 2. The molecule has 24 heavy (non-hydrogen) atoms. The van der Waals surface area contributed by atoms with Crippen LogP contribution in [-0.2, 0) is 27.4 Å². The van der Waals surface area contributed by atoms with Gasteiger partial charge in [-0.05, 0) is 27.1 Å². The predicted octanol–water partition coefficient (Wildman–Crippen LogP) is 3.82. The molecule has 4 nitrogen and oxygen atoms in total. The van der Waals surface area contributed by atoms with Crippen LogP contribution in [0.5, 0.6) is 0 Å². The molecule has 124 valence electrons. The van der Waals surface area contributed by atoms with Crippen LogP contribution in [0.4, 0.5) is 0 Å². The molecule has 0 aliphatic carbocycles. The second-order valence-corrected chi connectivity index (χ2v) is 6.29. The summed E-state index contributed by atoms with van der Waals surface area (Å²) in [4.78, 5) is 14.0. The van der Waals surface area contributed by atoms with Gasteiger partial charge in [-0.25, -0.2) is 4.79 Å². The van der Waals surface area contributed by atoms with Crippen molar-refractivity contribution >= 4 is 21.9 Å². The third kappa shape index (κ3) is 3.68. The molecule has 3 rings (SSSR count). The fourth-order valence-electron chi connectivity index (χ4n) is 2.69. The Bertz CT molecular complexity index is 689. The van der Waals surface area contributed by atoms with E-state index in [2.05, 4.69) is 45.1 Å². The number of ether oxygens (including phenoxy) is 2. The lowest BCUT2D eigenvalue weighted by molar-refractivity contribution is -0.157.